The molecule has 2 aliphatic rings. The number of carboxylic acids is 1. The summed E-state index contributed by atoms with van der Waals surface area (Å²) in [5.41, 5.74) is 0.280. The van der Waals surface area contributed by atoms with E-state index in [2.05, 4.69) is 6.07 Å². The lowest BCUT2D eigenvalue weighted by Gasteiger charge is -2.43. The van der Waals surface area contributed by atoms with Gasteiger partial charge in [-0.05, 0) is 43.7 Å². The van der Waals surface area contributed by atoms with E-state index in [1.54, 1.807) is 4.90 Å². The zero-order valence-electron chi connectivity index (χ0n) is 14.2. The highest BCUT2D eigenvalue weighted by atomic mass is 16.4. The number of amides is 1. The number of carbonyl (C=O) groups excluding carboxylic acids is 1. The molecule has 1 atom stereocenters. The largest absolute Gasteiger partial charge is 0.481 e. The molecule has 1 radical (unpaired) electrons. The van der Waals surface area contributed by atoms with Gasteiger partial charge in [-0.25, -0.2) is 0 Å². The number of nitrogens with zero attached hydrogens (tertiary/aromatic N) is 1. The van der Waals surface area contributed by atoms with Crippen LogP contribution in [-0.2, 0) is 15.0 Å². The van der Waals surface area contributed by atoms with E-state index in [-0.39, 0.29) is 5.91 Å². The van der Waals surface area contributed by atoms with Crippen molar-refractivity contribution in [2.24, 2.45) is 5.92 Å². The zero-order chi connectivity index (χ0) is 17.0. The van der Waals surface area contributed by atoms with Crippen molar-refractivity contribution in [1.29, 1.82) is 0 Å². The van der Waals surface area contributed by atoms with E-state index >= 15 is 0 Å². The fourth-order valence-corrected chi connectivity index (χ4v) is 4.47. The van der Waals surface area contributed by atoms with Gasteiger partial charge in [-0.15, -0.1) is 0 Å². The van der Waals surface area contributed by atoms with Crippen molar-refractivity contribution in [3.8, 4) is 0 Å². The topological polar surface area (TPSA) is 57.6 Å². The maximum absolute atomic E-state index is 13.1. The molecule has 1 aliphatic carbocycles. The van der Waals surface area contributed by atoms with Gasteiger partial charge in [0.25, 0.3) is 0 Å². The normalized spacial score (nSPS) is 21.9. The maximum Gasteiger partial charge on any atom is 0.316 e. The highest BCUT2D eigenvalue weighted by Gasteiger charge is 2.50. The fourth-order valence-electron chi connectivity index (χ4n) is 4.47. The van der Waals surface area contributed by atoms with Gasteiger partial charge in [-0.2, -0.15) is 0 Å². The first kappa shape index (κ1) is 17.0. The van der Waals surface area contributed by atoms with Gasteiger partial charge in [0.15, 0.2) is 0 Å². The number of hydrogen-bond acceptors (Lipinski definition) is 2. The Hall–Kier alpha value is -1.84. The predicted octanol–water partition coefficient (Wildman–Crippen LogP) is 3.40. The molecular formula is C20H26NO3. The van der Waals surface area contributed by atoms with Gasteiger partial charge >= 0.3 is 5.97 Å². The lowest BCUT2D eigenvalue weighted by molar-refractivity contribution is -0.156. The molecule has 1 aromatic carbocycles. The van der Waals surface area contributed by atoms with Crippen LogP contribution < -0.4 is 0 Å². The van der Waals surface area contributed by atoms with Crippen LogP contribution in [0.1, 0.15) is 56.9 Å². The maximum atomic E-state index is 13.1. The highest BCUT2D eigenvalue weighted by molar-refractivity contribution is 5.99. The zero-order valence-corrected chi connectivity index (χ0v) is 14.2. The van der Waals surface area contributed by atoms with E-state index in [0.29, 0.717) is 13.1 Å². The second-order valence-corrected chi connectivity index (χ2v) is 7.15. The number of hydrogen-bond donors (Lipinski definition) is 1. The monoisotopic (exact) mass is 328 g/mol. The molecule has 1 N–H and O–H groups in total. The predicted molar refractivity (Wildman–Crippen MR) is 91.6 cm³/mol. The molecule has 1 aromatic rings. The number of likely N-dealkylation sites (tertiary alicyclic amines) is 1. The van der Waals surface area contributed by atoms with Crippen molar-refractivity contribution in [3.63, 3.8) is 0 Å². The van der Waals surface area contributed by atoms with Crippen molar-refractivity contribution in [2.45, 2.75) is 56.8 Å². The Morgan fingerprint density at radius 2 is 1.71 bits per heavy atom. The Balaban J connectivity index is 1.98. The minimum atomic E-state index is -0.991. The summed E-state index contributed by atoms with van der Waals surface area (Å²) in [5, 5.41) is 9.99. The molecule has 1 unspecified atom stereocenters. The third kappa shape index (κ3) is 3.19. The summed E-state index contributed by atoms with van der Waals surface area (Å²) in [6, 6.07) is 10.8. The molecule has 0 bridgehead atoms. The number of piperidine rings is 1. The number of carbonyl (C=O) groups is 2. The number of rotatable bonds is 4. The van der Waals surface area contributed by atoms with Crippen LogP contribution in [-0.4, -0.2) is 35.0 Å². The Labute approximate surface area is 143 Å². The lowest BCUT2D eigenvalue weighted by atomic mass is 9.61. The first-order valence-electron chi connectivity index (χ1n) is 9.14. The summed E-state index contributed by atoms with van der Waals surface area (Å²) in [5.74, 6) is -2.17. The van der Waals surface area contributed by atoms with E-state index < -0.39 is 17.3 Å². The SMILES string of the molecule is O=C(O)C(C(=O)N1CCCCC1)C1(c2[c]cccc2)CCCCC1. The Bertz CT molecular complexity index is 572. The van der Waals surface area contributed by atoms with E-state index in [1.165, 1.54) is 0 Å². The third-order valence-corrected chi connectivity index (χ3v) is 5.71. The molecule has 24 heavy (non-hydrogen) atoms. The molecule has 3 rings (SSSR count). The van der Waals surface area contributed by atoms with Crippen LogP contribution in [0.4, 0.5) is 0 Å². The van der Waals surface area contributed by atoms with Crippen LogP contribution in [0.5, 0.6) is 0 Å². The van der Waals surface area contributed by atoms with Crippen molar-refractivity contribution >= 4 is 11.9 Å². The molecule has 0 spiro atoms. The van der Waals surface area contributed by atoms with Gasteiger partial charge in [0, 0.05) is 18.5 Å². The van der Waals surface area contributed by atoms with Gasteiger partial charge < -0.3 is 10.0 Å². The Morgan fingerprint density at radius 1 is 1.04 bits per heavy atom. The van der Waals surface area contributed by atoms with Crippen molar-refractivity contribution in [3.05, 3.63) is 35.9 Å². The van der Waals surface area contributed by atoms with Crippen molar-refractivity contribution in [2.75, 3.05) is 13.1 Å². The molecule has 1 amide bonds. The van der Waals surface area contributed by atoms with Crippen LogP contribution in [0.2, 0.25) is 0 Å². The molecule has 4 heteroatoms. The van der Waals surface area contributed by atoms with Crippen LogP contribution in [0.25, 0.3) is 0 Å². The van der Waals surface area contributed by atoms with E-state index in [9.17, 15) is 14.7 Å². The van der Waals surface area contributed by atoms with Gasteiger partial charge in [-0.1, -0.05) is 43.5 Å². The smallest absolute Gasteiger partial charge is 0.316 e. The van der Waals surface area contributed by atoms with Crippen molar-refractivity contribution in [1.82, 2.24) is 4.90 Å². The molecule has 1 saturated heterocycles. The van der Waals surface area contributed by atoms with Gasteiger partial charge in [0.2, 0.25) is 5.91 Å². The van der Waals surface area contributed by atoms with E-state index in [0.717, 1.165) is 56.9 Å². The standard InChI is InChI=1S/C20H26NO3/c22-18(21-14-8-3-9-15-21)17(19(23)24)20(12-6-2-7-13-20)16-10-4-1-5-11-16/h1,4-5,10,17H,2-3,6-9,12-15H2,(H,23,24). The minimum absolute atomic E-state index is 0.193. The fraction of sp³-hybridized carbons (Fsp3) is 0.600. The van der Waals surface area contributed by atoms with Crippen molar-refractivity contribution < 1.29 is 14.7 Å². The van der Waals surface area contributed by atoms with Gasteiger partial charge in [-0.3, -0.25) is 9.59 Å². The minimum Gasteiger partial charge on any atom is -0.481 e. The summed E-state index contributed by atoms with van der Waals surface area (Å²) in [4.78, 5) is 27.1. The summed E-state index contributed by atoms with van der Waals surface area (Å²) >= 11 is 0. The summed E-state index contributed by atoms with van der Waals surface area (Å²) in [6.45, 7) is 1.38. The van der Waals surface area contributed by atoms with Gasteiger partial charge in [0.1, 0.15) is 5.92 Å². The molecule has 0 aromatic heterocycles. The van der Waals surface area contributed by atoms with E-state index in [4.69, 9.17) is 0 Å². The third-order valence-electron chi connectivity index (χ3n) is 5.71. The van der Waals surface area contributed by atoms with Crippen LogP contribution in [0, 0.1) is 12.0 Å². The lowest BCUT2D eigenvalue weighted by Crippen LogP contribution is -2.52. The second-order valence-electron chi connectivity index (χ2n) is 7.15. The molecule has 4 nitrogen and oxygen atoms in total. The summed E-state index contributed by atoms with van der Waals surface area (Å²) in [6.07, 6.45) is 7.64. The number of aliphatic carboxylic acids is 1. The number of benzene rings is 1. The quantitative estimate of drug-likeness (QED) is 0.862. The Morgan fingerprint density at radius 3 is 2.29 bits per heavy atom. The van der Waals surface area contributed by atoms with Gasteiger partial charge in [0.05, 0.1) is 0 Å². The first-order chi connectivity index (χ1) is 11.6. The second kappa shape index (κ2) is 7.37. The molecule has 1 heterocycles. The average molecular weight is 328 g/mol. The first-order valence-corrected chi connectivity index (χ1v) is 9.14. The molecule has 1 saturated carbocycles. The van der Waals surface area contributed by atoms with Crippen LogP contribution >= 0.6 is 0 Å². The molecule has 2 fully saturated rings. The highest BCUT2D eigenvalue weighted by Crippen LogP contribution is 2.46. The number of carboxylic acid groups (broad SMARTS) is 1. The molecular weight excluding hydrogens is 302 g/mol. The summed E-state index contributed by atoms with van der Waals surface area (Å²) in [7, 11) is 0. The molecule has 129 valence electrons. The summed E-state index contributed by atoms with van der Waals surface area (Å²) < 4.78 is 0. The van der Waals surface area contributed by atoms with Crippen LogP contribution in [0.15, 0.2) is 24.3 Å². The Kier molecular flexibility index (Phi) is 5.22. The van der Waals surface area contributed by atoms with E-state index in [1.807, 2.05) is 24.3 Å². The average Bonchev–Trinajstić information content (AvgIpc) is 2.64. The van der Waals surface area contributed by atoms with Crippen LogP contribution in [0.3, 0.4) is 0 Å². The molecule has 1 aliphatic heterocycles.